The van der Waals surface area contributed by atoms with Crippen molar-refractivity contribution < 1.29 is 80.2 Å². The number of phosphoric acid groups is 2. The summed E-state index contributed by atoms with van der Waals surface area (Å²) in [7, 11) is -9.88. The average Bonchev–Trinajstić information content (AvgIpc) is 3.49. The van der Waals surface area contributed by atoms with Crippen LogP contribution in [0.3, 0.4) is 0 Å². The fourth-order valence-corrected chi connectivity index (χ4v) is 11.4. The molecule has 0 aromatic carbocycles. The van der Waals surface area contributed by atoms with E-state index in [0.717, 1.165) is 108 Å². The molecule has 3 unspecified atom stereocenters. The van der Waals surface area contributed by atoms with Crippen molar-refractivity contribution in [1.29, 1.82) is 0 Å². The molecule has 0 saturated carbocycles. The maximum absolute atomic E-state index is 13.0. The van der Waals surface area contributed by atoms with Gasteiger partial charge in [-0.2, -0.15) is 0 Å². The molecule has 6 atom stereocenters. The summed E-state index contributed by atoms with van der Waals surface area (Å²) in [5, 5.41) is 10.5. The Morgan fingerprint density at radius 2 is 0.600 bits per heavy atom. The molecule has 0 aliphatic rings. The lowest BCUT2D eigenvalue weighted by Crippen LogP contribution is -2.30. The van der Waals surface area contributed by atoms with Gasteiger partial charge in [-0.15, -0.1) is 0 Å². The predicted molar refractivity (Wildman–Crippen MR) is 340 cm³/mol. The van der Waals surface area contributed by atoms with Crippen LogP contribution in [0.4, 0.5) is 0 Å². The molecule has 0 heterocycles. The maximum Gasteiger partial charge on any atom is 0.472 e. The van der Waals surface area contributed by atoms with Crippen LogP contribution >= 0.6 is 15.6 Å². The predicted octanol–water partition coefficient (Wildman–Crippen LogP) is 18.4. The summed E-state index contributed by atoms with van der Waals surface area (Å²) in [6, 6.07) is 0. The van der Waals surface area contributed by atoms with Gasteiger partial charge >= 0.3 is 39.5 Å². The summed E-state index contributed by atoms with van der Waals surface area (Å²) in [6.07, 6.45) is 42.1. The summed E-state index contributed by atoms with van der Waals surface area (Å²) < 4.78 is 67.9. The Labute approximate surface area is 517 Å². The number of ether oxygens (including phenoxy) is 4. The molecule has 17 nitrogen and oxygen atoms in total. The van der Waals surface area contributed by atoms with Crippen LogP contribution in [0.2, 0.25) is 0 Å². The zero-order valence-electron chi connectivity index (χ0n) is 54.9. The summed E-state index contributed by atoms with van der Waals surface area (Å²) >= 11 is 0. The Kier molecular flexibility index (Phi) is 57.1. The summed E-state index contributed by atoms with van der Waals surface area (Å²) in [6.45, 7) is 9.39. The van der Waals surface area contributed by atoms with Gasteiger partial charge in [-0.25, -0.2) is 9.13 Å². The van der Waals surface area contributed by atoms with Crippen molar-refractivity contribution in [2.45, 2.75) is 349 Å². The Balaban J connectivity index is 5.17. The van der Waals surface area contributed by atoms with Gasteiger partial charge < -0.3 is 33.8 Å². The van der Waals surface area contributed by atoms with E-state index >= 15 is 0 Å². The molecule has 0 aliphatic carbocycles. The van der Waals surface area contributed by atoms with E-state index in [1.165, 1.54) is 141 Å². The zero-order chi connectivity index (χ0) is 62.9. The van der Waals surface area contributed by atoms with Crippen LogP contribution in [-0.4, -0.2) is 96.7 Å². The summed E-state index contributed by atoms with van der Waals surface area (Å²) in [5.41, 5.74) is 0. The molecule has 0 amide bonds. The normalized spacial score (nSPS) is 14.6. The van der Waals surface area contributed by atoms with Crippen LogP contribution in [0.1, 0.15) is 330 Å². The Hall–Kier alpha value is -1.94. The highest BCUT2D eigenvalue weighted by molar-refractivity contribution is 7.47. The van der Waals surface area contributed by atoms with Crippen molar-refractivity contribution in [3.63, 3.8) is 0 Å². The van der Waals surface area contributed by atoms with Crippen LogP contribution in [0.15, 0.2) is 0 Å². The fourth-order valence-electron chi connectivity index (χ4n) is 9.85. The number of hydrogen-bond donors (Lipinski definition) is 3. The molecular formula is C66H128O17P2. The van der Waals surface area contributed by atoms with Crippen molar-refractivity contribution in [1.82, 2.24) is 0 Å². The third kappa shape index (κ3) is 59.5. The number of carbonyl (C=O) groups is 4. The molecule has 0 aromatic heterocycles. The number of esters is 4. The monoisotopic (exact) mass is 1250 g/mol. The number of unbranched alkanes of at least 4 members (excludes halogenated alkanes) is 34. The Morgan fingerprint density at radius 1 is 0.341 bits per heavy atom. The van der Waals surface area contributed by atoms with Crippen molar-refractivity contribution in [2.24, 2.45) is 11.8 Å². The molecule has 85 heavy (non-hydrogen) atoms. The molecule has 0 rings (SSSR count). The molecule has 0 bridgehead atoms. The van der Waals surface area contributed by atoms with Crippen LogP contribution in [0.5, 0.6) is 0 Å². The highest BCUT2D eigenvalue weighted by Gasteiger charge is 2.30. The van der Waals surface area contributed by atoms with Gasteiger partial charge in [0, 0.05) is 25.7 Å². The summed E-state index contributed by atoms with van der Waals surface area (Å²) in [5.74, 6) is -0.646. The van der Waals surface area contributed by atoms with Gasteiger partial charge in [-0.3, -0.25) is 37.3 Å². The topological polar surface area (TPSA) is 237 Å². The largest absolute Gasteiger partial charge is 0.472 e. The second kappa shape index (κ2) is 58.4. The minimum absolute atomic E-state index is 0.103. The van der Waals surface area contributed by atoms with E-state index in [1.54, 1.807) is 0 Å². The first-order valence-electron chi connectivity index (χ1n) is 34.5. The van der Waals surface area contributed by atoms with Crippen molar-refractivity contribution in [3.8, 4) is 0 Å². The highest BCUT2D eigenvalue weighted by Crippen LogP contribution is 2.45. The molecule has 0 aromatic rings. The number of aliphatic hydroxyl groups is 1. The van der Waals surface area contributed by atoms with Crippen molar-refractivity contribution >= 4 is 39.5 Å². The lowest BCUT2D eigenvalue weighted by atomic mass is 9.99. The lowest BCUT2D eigenvalue weighted by molar-refractivity contribution is -0.161. The van der Waals surface area contributed by atoms with E-state index in [1.807, 2.05) is 0 Å². The molecule has 0 aliphatic heterocycles. The zero-order valence-corrected chi connectivity index (χ0v) is 56.7. The minimum Gasteiger partial charge on any atom is -0.462 e. The molecular weight excluding hydrogens is 1130 g/mol. The lowest BCUT2D eigenvalue weighted by Gasteiger charge is -2.21. The second-order valence-electron chi connectivity index (χ2n) is 24.6. The number of phosphoric ester groups is 2. The van der Waals surface area contributed by atoms with Crippen molar-refractivity contribution in [3.05, 3.63) is 0 Å². The van der Waals surface area contributed by atoms with Gasteiger partial charge in [-0.1, -0.05) is 279 Å². The van der Waals surface area contributed by atoms with Gasteiger partial charge in [0.15, 0.2) is 12.2 Å². The standard InChI is InChI=1S/C66H128O17P2/c1-7-10-12-14-15-16-17-18-19-20-21-22-23-24-32-38-44-50-65(70)83-62(55-77-64(69)49-43-37-31-28-26-30-36-41-47-59(6)9-3)57-81-85(74,75)79-53-60(67)52-78-84(72,73)80-56-61(54-76-63(68)48-42-34-13-11-8-2)82-66(71)51-45-39-33-27-25-29-35-40-46-58(4)5/h58-62,67H,7-57H2,1-6H3,(H,72,73)(H,74,75)/t59?,60-,61+,62+/m0/s1. The SMILES string of the molecule is CCCCCCCCCCCCCCCCCCCC(=O)O[C@H](COC(=O)CCCCCCCCCCC(C)CC)COP(=O)(O)OC[C@@H](O)COP(=O)(O)OC[C@@H](COC(=O)CCCCCCC)OC(=O)CCCCCCCCCCC(C)C. The van der Waals surface area contributed by atoms with Gasteiger partial charge in [0.1, 0.15) is 19.3 Å². The average molecular weight is 1260 g/mol. The van der Waals surface area contributed by atoms with E-state index in [2.05, 4.69) is 41.5 Å². The summed E-state index contributed by atoms with van der Waals surface area (Å²) in [4.78, 5) is 72.1. The quantitative estimate of drug-likeness (QED) is 0.0222. The van der Waals surface area contributed by atoms with E-state index in [9.17, 15) is 43.2 Å². The first-order chi connectivity index (χ1) is 40.9. The third-order valence-electron chi connectivity index (χ3n) is 15.6. The van der Waals surface area contributed by atoms with Crippen LogP contribution in [0, 0.1) is 11.8 Å². The Morgan fingerprint density at radius 3 is 0.894 bits per heavy atom. The highest BCUT2D eigenvalue weighted by atomic mass is 31.2. The molecule has 3 N–H and O–H groups in total. The molecule has 504 valence electrons. The van der Waals surface area contributed by atoms with E-state index in [4.69, 9.17) is 37.0 Å². The first-order valence-corrected chi connectivity index (χ1v) is 37.5. The first kappa shape index (κ1) is 83.1. The van der Waals surface area contributed by atoms with E-state index < -0.39 is 97.5 Å². The van der Waals surface area contributed by atoms with Crippen molar-refractivity contribution in [2.75, 3.05) is 39.6 Å². The molecule has 0 radical (unpaired) electrons. The van der Waals surface area contributed by atoms with Gasteiger partial charge in [0.05, 0.1) is 26.4 Å². The fraction of sp³-hybridized carbons (Fsp3) is 0.939. The van der Waals surface area contributed by atoms with Crippen LogP contribution in [0.25, 0.3) is 0 Å². The minimum atomic E-state index is -4.95. The molecule has 0 spiro atoms. The van der Waals surface area contributed by atoms with Gasteiger partial charge in [0.2, 0.25) is 0 Å². The smallest absolute Gasteiger partial charge is 0.462 e. The Bertz CT molecular complexity index is 1670. The van der Waals surface area contributed by atoms with Gasteiger partial charge in [0.25, 0.3) is 0 Å². The second-order valence-corrected chi connectivity index (χ2v) is 27.5. The molecule has 0 fully saturated rings. The molecule has 19 heteroatoms. The number of aliphatic hydroxyl groups excluding tert-OH is 1. The number of hydrogen-bond acceptors (Lipinski definition) is 15. The van der Waals surface area contributed by atoms with E-state index in [0.29, 0.717) is 25.7 Å². The number of rotatable bonds is 65. The maximum atomic E-state index is 13.0. The number of carbonyl (C=O) groups excluding carboxylic acids is 4. The molecule has 0 saturated heterocycles. The van der Waals surface area contributed by atoms with Crippen LogP contribution in [-0.2, 0) is 65.4 Å². The van der Waals surface area contributed by atoms with E-state index in [-0.39, 0.29) is 25.7 Å². The van der Waals surface area contributed by atoms with Gasteiger partial charge in [-0.05, 0) is 37.5 Å². The van der Waals surface area contributed by atoms with Crippen LogP contribution < -0.4 is 0 Å². The third-order valence-corrected chi connectivity index (χ3v) is 17.5.